The molecule has 1 aliphatic carbocycles. The molecule has 3 aliphatic rings. The van der Waals surface area contributed by atoms with Gasteiger partial charge >= 0.3 is 0 Å². The van der Waals surface area contributed by atoms with Crippen LogP contribution >= 0.6 is 94.1 Å². The first-order valence-corrected chi connectivity index (χ1v) is 19.0. The first kappa shape index (κ1) is 28.2. The van der Waals surface area contributed by atoms with Crippen molar-refractivity contribution in [2.45, 2.75) is 55.8 Å². The van der Waals surface area contributed by atoms with Gasteiger partial charge in [-0.15, -0.1) is 47.0 Å². The molecule has 0 radical (unpaired) electrons. The highest BCUT2D eigenvalue weighted by molar-refractivity contribution is 8.23. The van der Waals surface area contributed by atoms with E-state index in [0.717, 1.165) is 22.0 Å². The lowest BCUT2D eigenvalue weighted by atomic mass is 10.00. The van der Waals surface area contributed by atoms with Gasteiger partial charge in [-0.05, 0) is 37.8 Å². The summed E-state index contributed by atoms with van der Waals surface area (Å²) in [5.74, 6) is 6.71. The van der Waals surface area contributed by atoms with Crippen molar-refractivity contribution in [2.24, 2.45) is 0 Å². The van der Waals surface area contributed by atoms with Gasteiger partial charge in [0.05, 0.1) is 9.16 Å². The standard InChI is InChI=1S/C22H32O2S8/c1-3-19(23)27-9-17-11-29-21(31-17)13-25-15-5-7-16(8-6-15)26-14-22-30-12-18(32-22)10-28-20(24)4-2/h3-4,15-18,21-22H,1-2,5-14H2. The molecule has 2 aliphatic heterocycles. The van der Waals surface area contributed by atoms with Gasteiger partial charge in [-0.1, -0.05) is 36.7 Å². The van der Waals surface area contributed by atoms with Gasteiger partial charge in [0.2, 0.25) is 10.2 Å². The lowest BCUT2D eigenvalue weighted by Crippen LogP contribution is -2.20. The fourth-order valence-electron chi connectivity index (χ4n) is 3.63. The van der Waals surface area contributed by atoms with Crippen molar-refractivity contribution in [3.05, 3.63) is 25.3 Å². The second kappa shape index (κ2) is 15.7. The molecule has 32 heavy (non-hydrogen) atoms. The van der Waals surface area contributed by atoms with Gasteiger partial charge in [0.25, 0.3) is 0 Å². The van der Waals surface area contributed by atoms with Crippen molar-refractivity contribution in [1.29, 1.82) is 0 Å². The van der Waals surface area contributed by atoms with Crippen LogP contribution in [0.2, 0.25) is 0 Å². The van der Waals surface area contributed by atoms with Crippen molar-refractivity contribution in [3.8, 4) is 0 Å². The molecular formula is C22H32O2S8. The van der Waals surface area contributed by atoms with Gasteiger partial charge in [-0.3, -0.25) is 9.59 Å². The number of carbonyl (C=O) groups is 2. The molecule has 4 atom stereocenters. The molecule has 10 heteroatoms. The Hall–Kier alpha value is 1.62. The minimum atomic E-state index is 0.104. The molecule has 0 aromatic carbocycles. The molecule has 1 saturated carbocycles. The molecule has 2 heterocycles. The molecule has 3 rings (SSSR count). The minimum Gasteiger partial charge on any atom is -0.282 e. The maximum atomic E-state index is 11.4. The van der Waals surface area contributed by atoms with Gasteiger partial charge < -0.3 is 0 Å². The molecule has 0 bridgehead atoms. The van der Waals surface area contributed by atoms with Crippen LogP contribution in [0.4, 0.5) is 0 Å². The van der Waals surface area contributed by atoms with E-state index in [9.17, 15) is 9.59 Å². The van der Waals surface area contributed by atoms with Crippen LogP contribution in [0.15, 0.2) is 25.3 Å². The van der Waals surface area contributed by atoms with E-state index in [1.807, 2.05) is 0 Å². The third-order valence-corrected chi connectivity index (χ3v) is 18.1. The van der Waals surface area contributed by atoms with E-state index >= 15 is 0 Å². The fraction of sp³-hybridized carbons (Fsp3) is 0.727. The van der Waals surface area contributed by atoms with E-state index in [0.29, 0.717) is 19.7 Å². The third-order valence-electron chi connectivity index (χ3n) is 5.34. The van der Waals surface area contributed by atoms with Crippen LogP contribution in [0.1, 0.15) is 25.7 Å². The first-order chi connectivity index (χ1) is 15.6. The van der Waals surface area contributed by atoms with E-state index in [4.69, 9.17) is 0 Å². The minimum absolute atomic E-state index is 0.104. The van der Waals surface area contributed by atoms with Gasteiger partial charge in [0.1, 0.15) is 0 Å². The summed E-state index contributed by atoms with van der Waals surface area (Å²) in [6, 6.07) is 0. The third kappa shape index (κ3) is 10.3. The van der Waals surface area contributed by atoms with Crippen LogP contribution in [-0.4, -0.2) is 74.9 Å². The molecule has 2 nitrogen and oxygen atoms in total. The average Bonchev–Trinajstić information content (AvgIpc) is 3.48. The summed E-state index contributed by atoms with van der Waals surface area (Å²) in [4.78, 5) is 22.8. The average molecular weight is 585 g/mol. The Labute approximate surface area is 227 Å². The summed E-state index contributed by atoms with van der Waals surface area (Å²) in [5, 5.41) is 3.10. The summed E-state index contributed by atoms with van der Waals surface area (Å²) in [5.41, 5.74) is 0. The molecule has 4 unspecified atom stereocenters. The number of hydrogen-bond donors (Lipinski definition) is 0. The summed E-state index contributed by atoms with van der Waals surface area (Å²) >= 11 is 15.6. The molecule has 0 aromatic heterocycles. The summed E-state index contributed by atoms with van der Waals surface area (Å²) in [6.07, 6.45) is 8.32. The summed E-state index contributed by atoms with van der Waals surface area (Å²) in [6.45, 7) is 7.11. The highest BCUT2D eigenvalue weighted by atomic mass is 32.2. The van der Waals surface area contributed by atoms with Crippen LogP contribution in [0.25, 0.3) is 0 Å². The Morgan fingerprint density at radius 3 is 1.50 bits per heavy atom. The highest BCUT2D eigenvalue weighted by Gasteiger charge is 2.30. The maximum Gasteiger partial charge on any atom is 0.211 e. The Morgan fingerprint density at radius 1 is 0.719 bits per heavy atom. The predicted molar refractivity (Wildman–Crippen MR) is 162 cm³/mol. The fourth-order valence-corrected chi connectivity index (χ4v) is 15.6. The molecule has 0 spiro atoms. The largest absolute Gasteiger partial charge is 0.282 e. The second-order valence-corrected chi connectivity index (χ2v) is 18.6. The van der Waals surface area contributed by atoms with Crippen LogP contribution in [0.5, 0.6) is 0 Å². The van der Waals surface area contributed by atoms with Crippen molar-refractivity contribution in [1.82, 2.24) is 0 Å². The molecule has 2 saturated heterocycles. The smallest absolute Gasteiger partial charge is 0.211 e. The highest BCUT2D eigenvalue weighted by Crippen LogP contribution is 2.45. The number of carbonyl (C=O) groups excluding carboxylic acids is 2. The van der Waals surface area contributed by atoms with Gasteiger partial charge in [-0.25, -0.2) is 0 Å². The number of hydrogen-bond acceptors (Lipinski definition) is 10. The Morgan fingerprint density at radius 2 is 1.12 bits per heavy atom. The predicted octanol–water partition coefficient (Wildman–Crippen LogP) is 7.01. The Balaban J connectivity index is 1.22. The van der Waals surface area contributed by atoms with Gasteiger partial charge in [0, 0.05) is 55.5 Å². The number of thioether (sulfide) groups is 8. The number of rotatable bonds is 12. The van der Waals surface area contributed by atoms with Crippen LogP contribution in [0.3, 0.4) is 0 Å². The normalized spacial score (nSPS) is 32.6. The van der Waals surface area contributed by atoms with Gasteiger partial charge in [-0.2, -0.15) is 23.5 Å². The molecule has 3 fully saturated rings. The molecular weight excluding hydrogens is 553 g/mol. The van der Waals surface area contributed by atoms with E-state index < -0.39 is 0 Å². The van der Waals surface area contributed by atoms with Crippen LogP contribution in [0, 0.1) is 0 Å². The first-order valence-electron chi connectivity index (χ1n) is 10.9. The van der Waals surface area contributed by atoms with Crippen molar-refractivity contribution >= 4 is 104 Å². The van der Waals surface area contributed by atoms with Gasteiger partial charge in [0.15, 0.2) is 0 Å². The molecule has 0 N–H and O–H groups in total. The lowest BCUT2D eigenvalue weighted by molar-refractivity contribution is -0.107. The zero-order valence-electron chi connectivity index (χ0n) is 18.2. The van der Waals surface area contributed by atoms with E-state index in [1.54, 1.807) is 0 Å². The van der Waals surface area contributed by atoms with E-state index in [1.165, 1.54) is 84.4 Å². The summed E-state index contributed by atoms with van der Waals surface area (Å²) < 4.78 is 1.39. The van der Waals surface area contributed by atoms with E-state index in [2.05, 4.69) is 83.7 Å². The van der Waals surface area contributed by atoms with Crippen molar-refractivity contribution in [3.63, 3.8) is 0 Å². The SMILES string of the molecule is C=CC(=O)SCC1CSC(CSC2CCC(SCC3SCC(CSC(=O)C=C)S3)CC2)S1. The van der Waals surface area contributed by atoms with Crippen LogP contribution in [-0.2, 0) is 9.59 Å². The monoisotopic (exact) mass is 584 g/mol. The maximum absolute atomic E-state index is 11.4. The van der Waals surface area contributed by atoms with Crippen molar-refractivity contribution in [2.75, 3.05) is 34.5 Å². The lowest BCUT2D eigenvalue weighted by Gasteiger charge is -2.29. The van der Waals surface area contributed by atoms with Crippen molar-refractivity contribution < 1.29 is 9.59 Å². The molecule has 0 amide bonds. The zero-order valence-corrected chi connectivity index (χ0v) is 24.7. The Kier molecular flexibility index (Phi) is 13.8. The second-order valence-electron chi connectivity index (χ2n) is 7.78. The Bertz CT molecular complexity index is 583. The van der Waals surface area contributed by atoms with Crippen LogP contribution < -0.4 is 0 Å². The molecule has 180 valence electrons. The summed E-state index contributed by atoms with van der Waals surface area (Å²) in [7, 11) is 0. The topological polar surface area (TPSA) is 34.1 Å². The molecule has 0 aromatic rings. The zero-order chi connectivity index (χ0) is 22.8. The quantitative estimate of drug-likeness (QED) is 0.224. The van der Waals surface area contributed by atoms with E-state index in [-0.39, 0.29) is 10.2 Å².